The Bertz CT molecular complexity index is 1130. The first-order chi connectivity index (χ1) is 14.6. The molecule has 0 atom stereocenters. The zero-order chi connectivity index (χ0) is 20.9. The van der Waals surface area contributed by atoms with Crippen molar-refractivity contribution < 1.29 is 14.4 Å². The summed E-state index contributed by atoms with van der Waals surface area (Å²) in [5, 5.41) is 6.01. The molecular formula is C19H15N5O3S3. The molecular weight excluding hydrogens is 442 g/mol. The predicted molar refractivity (Wildman–Crippen MR) is 118 cm³/mol. The van der Waals surface area contributed by atoms with Crippen LogP contribution in [0.2, 0.25) is 0 Å². The highest BCUT2D eigenvalue weighted by Crippen LogP contribution is 2.31. The van der Waals surface area contributed by atoms with Crippen molar-refractivity contribution in [2.75, 3.05) is 18.8 Å². The van der Waals surface area contributed by atoms with Gasteiger partial charge in [-0.2, -0.15) is 0 Å². The number of imide groups is 1. The molecule has 3 aromatic rings. The van der Waals surface area contributed by atoms with Gasteiger partial charge in [0.15, 0.2) is 0 Å². The molecule has 1 aliphatic heterocycles. The molecule has 0 saturated carbocycles. The number of nitrogens with one attached hydrogen (secondary N) is 1. The summed E-state index contributed by atoms with van der Waals surface area (Å²) in [5.41, 5.74) is 0.748. The number of thiophene rings is 1. The van der Waals surface area contributed by atoms with E-state index in [2.05, 4.69) is 20.3 Å². The van der Waals surface area contributed by atoms with Gasteiger partial charge in [-0.25, -0.2) is 9.97 Å². The molecule has 0 bridgehead atoms. The normalized spacial score (nSPS) is 15.3. The number of carbonyl (C=O) groups is 3. The smallest absolute Gasteiger partial charge is 0.293 e. The summed E-state index contributed by atoms with van der Waals surface area (Å²) >= 11 is 3.73. The lowest BCUT2D eigenvalue weighted by atomic mass is 10.2. The fraction of sp³-hybridized carbons (Fsp3) is 0.158. The van der Waals surface area contributed by atoms with Crippen LogP contribution in [0.25, 0.3) is 16.3 Å². The number of fused-ring (bicyclic) bond motifs is 1. The highest BCUT2D eigenvalue weighted by Gasteiger charge is 2.34. The Morgan fingerprint density at radius 3 is 3.00 bits per heavy atom. The Morgan fingerprint density at radius 1 is 1.27 bits per heavy atom. The second kappa shape index (κ2) is 9.37. The van der Waals surface area contributed by atoms with E-state index in [1.807, 2.05) is 11.4 Å². The third-order valence-corrected chi connectivity index (χ3v) is 6.81. The molecule has 1 fully saturated rings. The van der Waals surface area contributed by atoms with Crippen LogP contribution in [0.1, 0.15) is 5.56 Å². The molecule has 0 unspecified atom stereocenters. The van der Waals surface area contributed by atoms with Gasteiger partial charge in [0.1, 0.15) is 16.2 Å². The molecule has 0 aliphatic carbocycles. The molecule has 4 heterocycles. The Balaban J connectivity index is 1.27. The van der Waals surface area contributed by atoms with Crippen LogP contribution in [0, 0.1) is 0 Å². The first-order valence-corrected chi connectivity index (χ1v) is 11.5. The minimum absolute atomic E-state index is 0.119. The van der Waals surface area contributed by atoms with Crippen LogP contribution in [0.3, 0.4) is 0 Å². The van der Waals surface area contributed by atoms with Gasteiger partial charge in [0.25, 0.3) is 11.1 Å². The quantitative estimate of drug-likeness (QED) is 0.328. The Kier molecular flexibility index (Phi) is 6.41. The number of hydrogen-bond acceptors (Lipinski definition) is 9. The summed E-state index contributed by atoms with van der Waals surface area (Å²) in [5.74, 6) is -0.372. The molecule has 3 aromatic heterocycles. The van der Waals surface area contributed by atoms with E-state index in [0.29, 0.717) is 4.91 Å². The van der Waals surface area contributed by atoms with Gasteiger partial charge in [-0.3, -0.25) is 24.3 Å². The van der Waals surface area contributed by atoms with E-state index in [0.717, 1.165) is 37.5 Å². The van der Waals surface area contributed by atoms with Gasteiger partial charge in [-0.1, -0.05) is 17.8 Å². The van der Waals surface area contributed by atoms with E-state index in [1.54, 1.807) is 30.6 Å². The summed E-state index contributed by atoms with van der Waals surface area (Å²) in [6.45, 7) is 0.309. The van der Waals surface area contributed by atoms with Gasteiger partial charge >= 0.3 is 0 Å². The lowest BCUT2D eigenvalue weighted by molar-refractivity contribution is -0.123. The molecule has 152 valence electrons. The van der Waals surface area contributed by atoms with E-state index in [-0.39, 0.29) is 35.9 Å². The van der Waals surface area contributed by atoms with Crippen molar-refractivity contribution in [3.05, 3.63) is 52.8 Å². The van der Waals surface area contributed by atoms with Crippen molar-refractivity contribution in [1.29, 1.82) is 0 Å². The molecule has 4 rings (SSSR count). The number of nitrogens with zero attached hydrogens (tertiary/aromatic N) is 4. The van der Waals surface area contributed by atoms with Crippen LogP contribution < -0.4 is 5.32 Å². The van der Waals surface area contributed by atoms with Crippen molar-refractivity contribution in [2.24, 2.45) is 0 Å². The maximum Gasteiger partial charge on any atom is 0.293 e. The van der Waals surface area contributed by atoms with Gasteiger partial charge in [-0.15, -0.1) is 11.3 Å². The first-order valence-electron chi connectivity index (χ1n) is 8.85. The van der Waals surface area contributed by atoms with E-state index >= 15 is 0 Å². The van der Waals surface area contributed by atoms with E-state index in [9.17, 15) is 14.4 Å². The predicted octanol–water partition coefficient (Wildman–Crippen LogP) is 3.03. The molecule has 1 N–H and O–H groups in total. The third-order valence-electron chi connectivity index (χ3n) is 4.08. The minimum Gasteiger partial charge on any atom is -0.354 e. The number of thioether (sulfide) groups is 2. The minimum atomic E-state index is -0.363. The largest absolute Gasteiger partial charge is 0.354 e. The summed E-state index contributed by atoms with van der Waals surface area (Å²) in [6.07, 6.45) is 6.38. The number of pyridine rings is 1. The van der Waals surface area contributed by atoms with Crippen LogP contribution in [-0.2, 0) is 9.59 Å². The van der Waals surface area contributed by atoms with Crippen molar-refractivity contribution in [3.8, 4) is 0 Å². The van der Waals surface area contributed by atoms with Crippen molar-refractivity contribution >= 4 is 68.2 Å². The lowest BCUT2D eigenvalue weighted by Gasteiger charge is -2.12. The zero-order valence-corrected chi connectivity index (χ0v) is 17.9. The summed E-state index contributed by atoms with van der Waals surface area (Å²) in [7, 11) is 0. The van der Waals surface area contributed by atoms with E-state index in [1.165, 1.54) is 29.4 Å². The lowest BCUT2D eigenvalue weighted by Crippen LogP contribution is -2.37. The number of carbonyl (C=O) groups excluding carboxylic acids is 3. The average molecular weight is 458 g/mol. The van der Waals surface area contributed by atoms with Gasteiger partial charge in [-0.05, 0) is 40.9 Å². The number of hydrogen-bond donors (Lipinski definition) is 1. The number of aromatic nitrogens is 3. The molecule has 0 radical (unpaired) electrons. The molecule has 1 saturated heterocycles. The second-order valence-electron chi connectivity index (χ2n) is 6.08. The SMILES string of the molecule is O=C(CSc1ncnc2sccc12)NCCN1C(=O)S/C(=C\c2cccnc2)C1=O. The van der Waals surface area contributed by atoms with Crippen LogP contribution in [0.5, 0.6) is 0 Å². The molecule has 30 heavy (non-hydrogen) atoms. The Hall–Kier alpha value is -2.76. The molecule has 0 spiro atoms. The van der Waals surface area contributed by atoms with Crippen LogP contribution in [0.15, 0.2) is 52.2 Å². The van der Waals surface area contributed by atoms with Gasteiger partial charge in [0, 0.05) is 30.9 Å². The van der Waals surface area contributed by atoms with Crippen molar-refractivity contribution in [3.63, 3.8) is 0 Å². The van der Waals surface area contributed by atoms with Crippen LogP contribution in [-0.4, -0.2) is 55.7 Å². The highest BCUT2D eigenvalue weighted by molar-refractivity contribution is 8.18. The van der Waals surface area contributed by atoms with Crippen LogP contribution >= 0.6 is 34.9 Å². The van der Waals surface area contributed by atoms with Crippen molar-refractivity contribution in [2.45, 2.75) is 5.03 Å². The molecule has 8 nitrogen and oxygen atoms in total. The maximum absolute atomic E-state index is 12.5. The first kappa shape index (κ1) is 20.5. The monoisotopic (exact) mass is 457 g/mol. The molecule has 0 aromatic carbocycles. The third kappa shape index (κ3) is 4.69. The van der Waals surface area contributed by atoms with Gasteiger partial charge in [0.2, 0.25) is 5.91 Å². The second-order valence-corrected chi connectivity index (χ2v) is 8.93. The Labute approximate surface area is 184 Å². The molecule has 11 heteroatoms. The fourth-order valence-corrected chi connectivity index (χ4v) is 5.15. The van der Waals surface area contributed by atoms with E-state index in [4.69, 9.17) is 0 Å². The van der Waals surface area contributed by atoms with Crippen molar-refractivity contribution in [1.82, 2.24) is 25.2 Å². The topological polar surface area (TPSA) is 105 Å². The highest BCUT2D eigenvalue weighted by atomic mass is 32.2. The average Bonchev–Trinajstić information content (AvgIpc) is 3.33. The molecule has 1 aliphatic rings. The summed E-state index contributed by atoms with van der Waals surface area (Å²) in [6, 6.07) is 5.49. The Morgan fingerprint density at radius 2 is 2.17 bits per heavy atom. The maximum atomic E-state index is 12.5. The number of amides is 3. The fourth-order valence-electron chi connectivity index (χ4n) is 2.68. The van der Waals surface area contributed by atoms with E-state index < -0.39 is 0 Å². The van der Waals surface area contributed by atoms with Gasteiger partial charge in [0.05, 0.1) is 10.7 Å². The standard InChI is InChI=1S/C19H15N5O3S3/c25-15(10-29-17-13-3-7-28-16(13)22-11-23-17)21-5-6-24-18(26)14(30-19(24)27)8-12-2-1-4-20-9-12/h1-4,7-9,11H,5-6,10H2,(H,21,25)/b14-8-. The zero-order valence-electron chi connectivity index (χ0n) is 15.5. The summed E-state index contributed by atoms with van der Waals surface area (Å²) in [4.78, 5) is 51.5. The van der Waals surface area contributed by atoms with Gasteiger partial charge < -0.3 is 5.32 Å². The van der Waals surface area contributed by atoms with Crippen LogP contribution in [0.4, 0.5) is 4.79 Å². The molecule has 3 amide bonds. The number of rotatable bonds is 7. The summed E-state index contributed by atoms with van der Waals surface area (Å²) < 4.78 is 0.